The number of nitrogens with zero attached hydrogens (tertiary/aromatic N) is 6. The summed E-state index contributed by atoms with van der Waals surface area (Å²) in [5.41, 5.74) is -0.343. The van der Waals surface area contributed by atoms with Crippen molar-refractivity contribution >= 4 is 44.7 Å². The van der Waals surface area contributed by atoms with Crippen LogP contribution in [-0.2, 0) is 0 Å². The minimum atomic E-state index is -0.892. The number of hydrogen-bond donors (Lipinski definition) is 0. The average molecular weight is 461 g/mol. The van der Waals surface area contributed by atoms with E-state index in [1.807, 2.05) is 16.3 Å². The zero-order valence-corrected chi connectivity index (χ0v) is 17.6. The number of benzene rings is 1. The van der Waals surface area contributed by atoms with Crippen molar-refractivity contribution in [3.63, 3.8) is 0 Å². The van der Waals surface area contributed by atoms with Gasteiger partial charge in [-0.25, -0.2) is 18.7 Å². The van der Waals surface area contributed by atoms with Crippen molar-refractivity contribution in [2.45, 2.75) is 0 Å². The maximum absolute atomic E-state index is 14.1. The highest BCUT2D eigenvalue weighted by Gasteiger charge is 2.24. The fourth-order valence-electron chi connectivity index (χ4n) is 3.66. The molecule has 1 saturated heterocycles. The average Bonchev–Trinajstić information content (AvgIpc) is 3.25. The molecular weight excluding hydrogens is 446 g/mol. The summed E-state index contributed by atoms with van der Waals surface area (Å²) < 4.78 is 28.1. The summed E-state index contributed by atoms with van der Waals surface area (Å²) in [5.74, 6) is -0.743. The molecule has 158 valence electrons. The summed E-state index contributed by atoms with van der Waals surface area (Å²) in [6.45, 7) is 2.55. The Balaban J connectivity index is 1.39. The minimum Gasteiger partial charge on any atom is -0.365 e. The van der Waals surface area contributed by atoms with Crippen LogP contribution < -0.4 is 15.4 Å². The van der Waals surface area contributed by atoms with Gasteiger partial charge in [-0.05, 0) is 23.6 Å². The number of halogens is 3. The Morgan fingerprint density at radius 3 is 2.55 bits per heavy atom. The standard InChI is InChI=1S/C20H15ClF2N6OS/c21-17-16(10-26-29(20(17)30)15-2-1-12(22)9-14(15)23)27-4-6-28(7-5-27)18-13-3-8-31-19(13)25-11-24-18/h1-3,8-11H,4-7H2. The van der Waals surface area contributed by atoms with E-state index in [0.717, 1.165) is 32.8 Å². The van der Waals surface area contributed by atoms with Gasteiger partial charge in [0.1, 0.15) is 33.5 Å². The number of thiophene rings is 1. The number of fused-ring (bicyclic) bond motifs is 1. The first-order valence-electron chi connectivity index (χ1n) is 9.44. The molecule has 4 aromatic rings. The van der Waals surface area contributed by atoms with E-state index in [9.17, 15) is 13.6 Å². The summed E-state index contributed by atoms with van der Waals surface area (Å²) in [4.78, 5) is 26.5. The monoisotopic (exact) mass is 460 g/mol. The van der Waals surface area contributed by atoms with Crippen molar-refractivity contribution in [2.75, 3.05) is 36.0 Å². The van der Waals surface area contributed by atoms with Gasteiger partial charge in [-0.2, -0.15) is 9.78 Å². The van der Waals surface area contributed by atoms with Crippen molar-refractivity contribution in [1.82, 2.24) is 19.7 Å². The first-order chi connectivity index (χ1) is 15.0. The molecule has 3 aromatic heterocycles. The highest BCUT2D eigenvalue weighted by molar-refractivity contribution is 7.16. The molecule has 0 spiro atoms. The number of aromatic nitrogens is 4. The van der Waals surface area contributed by atoms with Crippen LogP contribution in [0.1, 0.15) is 0 Å². The minimum absolute atomic E-state index is 0.0607. The van der Waals surface area contributed by atoms with E-state index in [1.165, 1.54) is 6.20 Å². The van der Waals surface area contributed by atoms with Crippen molar-refractivity contribution in [2.24, 2.45) is 0 Å². The lowest BCUT2D eigenvalue weighted by Crippen LogP contribution is -2.47. The fourth-order valence-corrected chi connectivity index (χ4v) is 4.63. The fraction of sp³-hybridized carbons (Fsp3) is 0.200. The lowest BCUT2D eigenvalue weighted by atomic mass is 10.2. The van der Waals surface area contributed by atoms with Crippen LogP contribution in [0.4, 0.5) is 20.3 Å². The molecule has 0 atom stereocenters. The van der Waals surface area contributed by atoms with E-state index in [-0.39, 0.29) is 10.7 Å². The molecule has 1 aliphatic rings. The molecule has 0 bridgehead atoms. The second-order valence-electron chi connectivity index (χ2n) is 6.97. The van der Waals surface area contributed by atoms with Crippen LogP contribution in [0.2, 0.25) is 5.02 Å². The van der Waals surface area contributed by atoms with Gasteiger partial charge >= 0.3 is 0 Å². The Morgan fingerprint density at radius 2 is 1.77 bits per heavy atom. The zero-order chi connectivity index (χ0) is 21.5. The second-order valence-corrected chi connectivity index (χ2v) is 8.24. The van der Waals surface area contributed by atoms with E-state index in [1.54, 1.807) is 17.7 Å². The first kappa shape index (κ1) is 19.8. The topological polar surface area (TPSA) is 67.2 Å². The van der Waals surface area contributed by atoms with Gasteiger partial charge in [0.25, 0.3) is 5.56 Å². The van der Waals surface area contributed by atoms with Crippen molar-refractivity contribution in [1.29, 1.82) is 0 Å². The molecule has 1 aliphatic heterocycles. The smallest absolute Gasteiger partial charge is 0.292 e. The van der Waals surface area contributed by atoms with Crippen molar-refractivity contribution in [3.8, 4) is 5.69 Å². The molecule has 0 radical (unpaired) electrons. The Morgan fingerprint density at radius 1 is 1.00 bits per heavy atom. The van der Waals surface area contributed by atoms with Gasteiger partial charge in [-0.15, -0.1) is 11.3 Å². The molecule has 0 aliphatic carbocycles. The quantitative estimate of drug-likeness (QED) is 0.466. The van der Waals surface area contributed by atoms with Crippen LogP contribution in [0.5, 0.6) is 0 Å². The molecule has 0 unspecified atom stereocenters. The predicted octanol–water partition coefficient (Wildman–Crippen LogP) is 3.50. The van der Waals surface area contributed by atoms with Gasteiger partial charge in [0.15, 0.2) is 5.82 Å². The molecule has 0 saturated carbocycles. The van der Waals surface area contributed by atoms with Gasteiger partial charge in [-0.1, -0.05) is 11.6 Å². The summed E-state index contributed by atoms with van der Waals surface area (Å²) >= 11 is 7.91. The van der Waals surface area contributed by atoms with Crippen molar-refractivity contribution < 1.29 is 8.78 Å². The Hall–Kier alpha value is -3.11. The van der Waals surface area contributed by atoms with Crippen molar-refractivity contribution in [3.05, 3.63) is 69.2 Å². The first-order valence-corrected chi connectivity index (χ1v) is 10.7. The van der Waals surface area contributed by atoms with E-state index in [0.29, 0.717) is 37.9 Å². The molecular formula is C20H15ClF2N6OS. The maximum atomic E-state index is 14.1. The SMILES string of the molecule is O=c1c(Cl)c(N2CCN(c3ncnc4sccc34)CC2)cnn1-c1ccc(F)cc1F. The summed E-state index contributed by atoms with van der Waals surface area (Å²) in [6.07, 6.45) is 3.00. The van der Waals surface area contributed by atoms with Gasteiger partial charge in [-0.3, -0.25) is 4.79 Å². The van der Waals surface area contributed by atoms with Gasteiger partial charge < -0.3 is 9.80 Å². The number of rotatable bonds is 3. The molecule has 1 aromatic carbocycles. The van der Waals surface area contributed by atoms with Gasteiger partial charge in [0.05, 0.1) is 17.3 Å². The van der Waals surface area contributed by atoms with Crippen LogP contribution in [0, 0.1) is 11.6 Å². The number of hydrogen-bond acceptors (Lipinski definition) is 7. The van der Waals surface area contributed by atoms with E-state index >= 15 is 0 Å². The normalized spacial score (nSPS) is 14.4. The Labute approximate surface area is 184 Å². The van der Waals surface area contributed by atoms with Crippen LogP contribution in [-0.4, -0.2) is 45.9 Å². The van der Waals surface area contributed by atoms with Crippen LogP contribution >= 0.6 is 22.9 Å². The van der Waals surface area contributed by atoms with Crippen LogP contribution in [0.3, 0.4) is 0 Å². The predicted molar refractivity (Wildman–Crippen MR) is 117 cm³/mol. The van der Waals surface area contributed by atoms with Gasteiger partial charge in [0.2, 0.25) is 0 Å². The zero-order valence-electron chi connectivity index (χ0n) is 16.0. The van der Waals surface area contributed by atoms with E-state index in [2.05, 4.69) is 20.0 Å². The lowest BCUT2D eigenvalue weighted by Gasteiger charge is -2.36. The van der Waals surface area contributed by atoms with Crippen LogP contribution in [0.25, 0.3) is 15.9 Å². The molecule has 5 rings (SSSR count). The maximum Gasteiger partial charge on any atom is 0.292 e. The Kier molecular flexibility index (Phi) is 5.03. The molecule has 0 N–H and O–H groups in total. The van der Waals surface area contributed by atoms with E-state index in [4.69, 9.17) is 11.6 Å². The lowest BCUT2D eigenvalue weighted by molar-refractivity contribution is 0.570. The van der Waals surface area contributed by atoms with Crippen LogP contribution in [0.15, 0.2) is 47.0 Å². The molecule has 11 heteroatoms. The molecule has 4 heterocycles. The van der Waals surface area contributed by atoms with Gasteiger partial charge in [0, 0.05) is 32.2 Å². The van der Waals surface area contributed by atoms with E-state index < -0.39 is 17.2 Å². The molecule has 1 fully saturated rings. The summed E-state index contributed by atoms with van der Waals surface area (Å²) in [5, 5.41) is 7.02. The third kappa shape index (κ3) is 3.51. The number of piperazine rings is 1. The third-order valence-corrected chi connectivity index (χ3v) is 6.38. The third-order valence-electron chi connectivity index (χ3n) is 5.20. The second kappa shape index (κ2) is 7.86. The number of anilines is 2. The molecule has 0 amide bonds. The largest absolute Gasteiger partial charge is 0.365 e. The molecule has 31 heavy (non-hydrogen) atoms. The Bertz CT molecular complexity index is 1330. The summed E-state index contributed by atoms with van der Waals surface area (Å²) in [7, 11) is 0. The highest BCUT2D eigenvalue weighted by atomic mass is 35.5. The highest BCUT2D eigenvalue weighted by Crippen LogP contribution is 2.29. The molecule has 7 nitrogen and oxygen atoms in total. The summed E-state index contributed by atoms with van der Waals surface area (Å²) in [6, 6.07) is 4.92.